The van der Waals surface area contributed by atoms with Gasteiger partial charge in [0.05, 0.1) is 5.69 Å². The zero-order valence-corrected chi connectivity index (χ0v) is 18.7. The van der Waals surface area contributed by atoms with Crippen LogP contribution in [0.15, 0.2) is 30.5 Å². The zero-order valence-electron chi connectivity index (χ0n) is 18.7. The van der Waals surface area contributed by atoms with E-state index in [1.165, 1.54) is 12.8 Å². The second-order valence-corrected chi connectivity index (χ2v) is 9.90. The van der Waals surface area contributed by atoms with E-state index in [-0.39, 0.29) is 17.4 Å². The molecule has 0 saturated heterocycles. The van der Waals surface area contributed by atoms with Crippen molar-refractivity contribution in [1.82, 2.24) is 20.6 Å². The van der Waals surface area contributed by atoms with Crippen LogP contribution < -0.4 is 16.0 Å². The molecule has 162 valence electrons. The molecule has 1 fully saturated rings. The van der Waals surface area contributed by atoms with Crippen molar-refractivity contribution in [3.8, 4) is 0 Å². The Hall–Kier alpha value is -2.73. The first kappa shape index (κ1) is 20.2. The number of nitrogens with one attached hydrogen (secondary N) is 3. The highest BCUT2D eigenvalue weighted by atomic mass is 16.1. The molecule has 2 atom stereocenters. The molecule has 6 heteroatoms. The Morgan fingerprint density at radius 3 is 2.81 bits per heavy atom. The van der Waals surface area contributed by atoms with Crippen molar-refractivity contribution in [2.24, 2.45) is 5.92 Å². The minimum Gasteiger partial charge on any atom is -0.351 e. The molecule has 5 rings (SSSR count). The van der Waals surface area contributed by atoms with Crippen LogP contribution in [-0.2, 0) is 12.0 Å². The lowest BCUT2D eigenvalue weighted by atomic mass is 9.77. The third kappa shape index (κ3) is 3.85. The van der Waals surface area contributed by atoms with E-state index in [2.05, 4.69) is 66.8 Å². The van der Waals surface area contributed by atoms with Gasteiger partial charge in [-0.2, -0.15) is 0 Å². The zero-order chi connectivity index (χ0) is 21.8. The fourth-order valence-electron chi connectivity index (χ4n) is 4.63. The number of fused-ring (bicyclic) bond motifs is 2. The van der Waals surface area contributed by atoms with Crippen molar-refractivity contribution in [3.63, 3.8) is 0 Å². The number of hydrogen-bond acceptors (Lipinski definition) is 5. The van der Waals surface area contributed by atoms with Gasteiger partial charge in [-0.15, -0.1) is 0 Å². The lowest BCUT2D eigenvalue weighted by Gasteiger charge is -2.33. The minimum absolute atomic E-state index is 0.00925. The Balaban J connectivity index is 1.54. The van der Waals surface area contributed by atoms with Gasteiger partial charge in [-0.3, -0.25) is 4.79 Å². The molecule has 6 nitrogen and oxygen atoms in total. The summed E-state index contributed by atoms with van der Waals surface area (Å²) in [7, 11) is 0. The molecule has 31 heavy (non-hydrogen) atoms. The average Bonchev–Trinajstić information content (AvgIpc) is 3.59. The molecule has 1 aromatic heterocycles. The average molecular weight is 418 g/mol. The molecule has 0 radical (unpaired) electrons. The number of benzene rings is 1. The summed E-state index contributed by atoms with van der Waals surface area (Å²) in [6.07, 6.45) is 6.77. The number of amides is 1. The van der Waals surface area contributed by atoms with E-state index in [9.17, 15) is 4.79 Å². The number of hydrogen-bond donors (Lipinski definition) is 3. The van der Waals surface area contributed by atoms with Crippen LogP contribution in [0, 0.1) is 5.92 Å². The van der Waals surface area contributed by atoms with Gasteiger partial charge in [0.1, 0.15) is 0 Å². The highest BCUT2D eigenvalue weighted by Crippen LogP contribution is 2.36. The fraction of sp³-hybridized carbons (Fsp3) is 0.480. The molecule has 0 spiro atoms. The SMILES string of the molecule is C[C@@H]1C=C(c2ccc3c(c2)C(C)(C)CNC3=O)c2cnc(N[C@H](C)C3CC3)nc2CN1. The van der Waals surface area contributed by atoms with E-state index >= 15 is 0 Å². The Morgan fingerprint density at radius 1 is 1.23 bits per heavy atom. The van der Waals surface area contributed by atoms with E-state index in [4.69, 9.17) is 4.98 Å². The fourth-order valence-corrected chi connectivity index (χ4v) is 4.63. The van der Waals surface area contributed by atoms with Crippen molar-refractivity contribution >= 4 is 17.4 Å². The molecule has 3 heterocycles. The summed E-state index contributed by atoms with van der Waals surface area (Å²) < 4.78 is 0. The van der Waals surface area contributed by atoms with Crippen molar-refractivity contribution in [2.45, 2.75) is 64.6 Å². The third-order valence-corrected chi connectivity index (χ3v) is 6.85. The van der Waals surface area contributed by atoms with E-state index in [1.54, 1.807) is 0 Å². The van der Waals surface area contributed by atoms with Gasteiger partial charge in [0.25, 0.3) is 5.91 Å². The van der Waals surface area contributed by atoms with Gasteiger partial charge < -0.3 is 16.0 Å². The summed E-state index contributed by atoms with van der Waals surface area (Å²) in [5.74, 6) is 1.46. The number of aromatic nitrogens is 2. The summed E-state index contributed by atoms with van der Waals surface area (Å²) >= 11 is 0. The molecule has 1 saturated carbocycles. The van der Waals surface area contributed by atoms with Crippen LogP contribution in [0.4, 0.5) is 5.95 Å². The van der Waals surface area contributed by atoms with Crippen LogP contribution in [0.1, 0.15) is 73.3 Å². The summed E-state index contributed by atoms with van der Waals surface area (Å²) in [6, 6.07) is 6.80. The first-order valence-electron chi connectivity index (χ1n) is 11.3. The smallest absolute Gasteiger partial charge is 0.251 e. The predicted molar refractivity (Wildman–Crippen MR) is 123 cm³/mol. The van der Waals surface area contributed by atoms with Crippen LogP contribution in [0.5, 0.6) is 0 Å². The van der Waals surface area contributed by atoms with Crippen LogP contribution in [0.2, 0.25) is 0 Å². The summed E-state index contributed by atoms with van der Waals surface area (Å²) in [4.78, 5) is 21.9. The molecule has 1 amide bonds. The molecule has 2 aliphatic heterocycles. The Bertz CT molecular complexity index is 1070. The lowest BCUT2D eigenvalue weighted by Crippen LogP contribution is -2.43. The standard InChI is InChI=1S/C25H31N5O/c1-14-9-19(17-7-8-18-21(10-17)25(3,4)13-28-23(18)31)20-11-27-24(30-22(20)12-26-14)29-15(2)16-5-6-16/h7-11,14-16,26H,5-6,12-13H2,1-4H3,(H,28,31)(H,27,29,30)/t14-,15-/m1/s1. The van der Waals surface area contributed by atoms with Crippen molar-refractivity contribution in [1.29, 1.82) is 0 Å². The second kappa shape index (κ2) is 7.45. The lowest BCUT2D eigenvalue weighted by molar-refractivity contribution is 0.0930. The number of carbonyl (C=O) groups excluding carboxylic acids is 1. The first-order valence-corrected chi connectivity index (χ1v) is 11.3. The Kier molecular flexibility index (Phi) is 4.85. The van der Waals surface area contributed by atoms with Crippen molar-refractivity contribution in [2.75, 3.05) is 11.9 Å². The normalized spacial score (nSPS) is 23.0. The molecule has 2 aromatic rings. The maximum atomic E-state index is 12.4. The topological polar surface area (TPSA) is 78.9 Å². The molecule has 0 bridgehead atoms. The molecule has 3 aliphatic rings. The molecule has 3 N–H and O–H groups in total. The maximum absolute atomic E-state index is 12.4. The minimum atomic E-state index is -0.111. The third-order valence-electron chi connectivity index (χ3n) is 6.85. The van der Waals surface area contributed by atoms with E-state index in [1.807, 2.05) is 12.3 Å². The second-order valence-electron chi connectivity index (χ2n) is 9.90. The van der Waals surface area contributed by atoms with Crippen LogP contribution in [-0.4, -0.2) is 34.5 Å². The van der Waals surface area contributed by atoms with Crippen molar-refractivity contribution in [3.05, 3.63) is 58.4 Å². The maximum Gasteiger partial charge on any atom is 0.251 e. The molecular weight excluding hydrogens is 386 g/mol. The highest BCUT2D eigenvalue weighted by Gasteiger charge is 2.32. The monoisotopic (exact) mass is 417 g/mol. The largest absolute Gasteiger partial charge is 0.351 e. The highest BCUT2D eigenvalue weighted by molar-refractivity contribution is 5.98. The molecule has 1 aromatic carbocycles. The van der Waals surface area contributed by atoms with Gasteiger partial charge in [0.15, 0.2) is 0 Å². The number of anilines is 1. The van der Waals surface area contributed by atoms with Gasteiger partial charge in [-0.1, -0.05) is 26.0 Å². The summed E-state index contributed by atoms with van der Waals surface area (Å²) in [6.45, 7) is 10.1. The van der Waals surface area contributed by atoms with Gasteiger partial charge in [-0.05, 0) is 61.4 Å². The summed E-state index contributed by atoms with van der Waals surface area (Å²) in [5.41, 5.74) is 6.04. The number of nitrogens with zero attached hydrogens (tertiary/aromatic N) is 2. The summed E-state index contributed by atoms with van der Waals surface area (Å²) in [5, 5.41) is 10.0. The number of rotatable bonds is 4. The van der Waals surface area contributed by atoms with E-state index < -0.39 is 0 Å². The number of carbonyl (C=O) groups is 1. The van der Waals surface area contributed by atoms with Gasteiger partial charge in [-0.25, -0.2) is 9.97 Å². The molecular formula is C25H31N5O. The predicted octanol–water partition coefficient (Wildman–Crippen LogP) is 3.63. The van der Waals surface area contributed by atoms with Crippen LogP contribution in [0.3, 0.4) is 0 Å². The Morgan fingerprint density at radius 2 is 2.03 bits per heavy atom. The van der Waals surface area contributed by atoms with Gasteiger partial charge >= 0.3 is 0 Å². The van der Waals surface area contributed by atoms with E-state index in [0.29, 0.717) is 25.1 Å². The molecule has 1 aliphatic carbocycles. The molecule has 0 unspecified atom stereocenters. The van der Waals surface area contributed by atoms with Gasteiger partial charge in [0, 0.05) is 47.9 Å². The Labute approximate surface area is 184 Å². The van der Waals surface area contributed by atoms with Crippen LogP contribution in [0.25, 0.3) is 5.57 Å². The van der Waals surface area contributed by atoms with E-state index in [0.717, 1.165) is 39.4 Å². The van der Waals surface area contributed by atoms with Gasteiger partial charge in [0.2, 0.25) is 5.95 Å². The quantitative estimate of drug-likeness (QED) is 0.708. The van der Waals surface area contributed by atoms with Crippen molar-refractivity contribution < 1.29 is 4.79 Å². The van der Waals surface area contributed by atoms with Crippen LogP contribution >= 0.6 is 0 Å². The first-order chi connectivity index (χ1) is 14.8.